The van der Waals surface area contributed by atoms with Crippen LogP contribution in [0.3, 0.4) is 0 Å². The minimum atomic E-state index is -3.60. The molecule has 0 amide bonds. The second-order valence-corrected chi connectivity index (χ2v) is 8.61. The predicted molar refractivity (Wildman–Crippen MR) is 97.9 cm³/mol. The number of β-amino-alcohol motifs (C(OH)–C–C–N with tert-alkyl or cyclic N) is 1. The number of fused-ring (bicyclic) bond motifs is 1. The zero-order valence-electron chi connectivity index (χ0n) is 14.8. The van der Waals surface area contributed by atoms with Crippen LogP contribution in [-0.2, 0) is 16.8 Å². The van der Waals surface area contributed by atoms with E-state index < -0.39 is 22.4 Å². The van der Waals surface area contributed by atoms with Crippen molar-refractivity contribution < 1.29 is 17.9 Å². The molecule has 26 heavy (non-hydrogen) atoms. The highest BCUT2D eigenvalue weighted by molar-refractivity contribution is 7.87. The summed E-state index contributed by atoms with van der Waals surface area (Å²) in [7, 11) is -0.732. The molecule has 9 heteroatoms. The molecule has 142 valence electrons. The Labute approximate surface area is 152 Å². The highest BCUT2D eigenvalue weighted by Crippen LogP contribution is 2.16. The van der Waals surface area contributed by atoms with Gasteiger partial charge < -0.3 is 9.52 Å². The van der Waals surface area contributed by atoms with Crippen molar-refractivity contribution in [2.24, 2.45) is 0 Å². The molecular weight excluding hydrogens is 358 g/mol. The zero-order valence-corrected chi connectivity index (χ0v) is 15.6. The number of hydrogen-bond donors (Lipinski definition) is 2. The lowest BCUT2D eigenvalue weighted by atomic mass is 10.0. The van der Waals surface area contributed by atoms with Gasteiger partial charge in [0.1, 0.15) is 5.58 Å². The molecule has 1 aliphatic heterocycles. The third-order valence-electron chi connectivity index (χ3n) is 4.59. The first-order valence-corrected chi connectivity index (χ1v) is 9.81. The Balaban J connectivity index is 1.69. The fraction of sp³-hybridized carbons (Fsp3) is 0.471. The minimum absolute atomic E-state index is 0.0863. The maximum absolute atomic E-state index is 12.6. The second kappa shape index (κ2) is 7.45. The van der Waals surface area contributed by atoms with Gasteiger partial charge in [0.05, 0.1) is 23.8 Å². The summed E-state index contributed by atoms with van der Waals surface area (Å²) in [6, 6.07) is 6.51. The fourth-order valence-corrected chi connectivity index (χ4v) is 3.91. The van der Waals surface area contributed by atoms with Crippen LogP contribution >= 0.6 is 0 Å². The average molecular weight is 381 g/mol. The van der Waals surface area contributed by atoms with E-state index in [4.69, 9.17) is 4.42 Å². The topological polar surface area (TPSA) is 103 Å². The van der Waals surface area contributed by atoms with Crippen LogP contribution in [0, 0.1) is 0 Å². The number of benzene rings is 1. The van der Waals surface area contributed by atoms with Gasteiger partial charge in [-0.25, -0.2) is 0 Å². The van der Waals surface area contributed by atoms with E-state index in [-0.39, 0.29) is 12.0 Å². The molecule has 2 heterocycles. The van der Waals surface area contributed by atoms with Gasteiger partial charge in [-0.1, -0.05) is 12.1 Å². The lowest BCUT2D eigenvalue weighted by Crippen LogP contribution is -2.55. The van der Waals surface area contributed by atoms with E-state index in [9.17, 15) is 18.3 Å². The highest BCUT2D eigenvalue weighted by atomic mass is 32.2. The second-order valence-electron chi connectivity index (χ2n) is 6.69. The van der Waals surface area contributed by atoms with Gasteiger partial charge in [-0.15, -0.1) is 0 Å². The number of para-hydroxylation sites is 1. The van der Waals surface area contributed by atoms with Crippen LogP contribution in [0.15, 0.2) is 39.7 Å². The van der Waals surface area contributed by atoms with Gasteiger partial charge in [-0.2, -0.15) is 17.4 Å². The van der Waals surface area contributed by atoms with E-state index >= 15 is 0 Å². The maximum Gasteiger partial charge on any atom is 0.279 e. The number of aliphatic hydroxyl groups is 1. The summed E-state index contributed by atoms with van der Waals surface area (Å²) in [6.07, 6.45) is 1.05. The summed E-state index contributed by atoms with van der Waals surface area (Å²) in [5, 5.41) is 10.8. The Bertz CT molecular complexity index is 941. The first-order valence-electron chi connectivity index (χ1n) is 8.37. The van der Waals surface area contributed by atoms with Gasteiger partial charge >= 0.3 is 0 Å². The molecule has 2 atom stereocenters. The summed E-state index contributed by atoms with van der Waals surface area (Å²) in [5.41, 5.74) is 0.970. The van der Waals surface area contributed by atoms with Crippen LogP contribution in [0.1, 0.15) is 12.0 Å². The van der Waals surface area contributed by atoms with Crippen LogP contribution in [0.4, 0.5) is 0 Å². The van der Waals surface area contributed by atoms with Crippen molar-refractivity contribution in [2.75, 3.05) is 27.2 Å². The summed E-state index contributed by atoms with van der Waals surface area (Å²) in [6.45, 7) is 1.17. The first kappa shape index (κ1) is 19.0. The Morgan fingerprint density at radius 3 is 2.77 bits per heavy atom. The summed E-state index contributed by atoms with van der Waals surface area (Å²) >= 11 is 0. The maximum atomic E-state index is 12.6. The molecule has 3 rings (SSSR count). The smallest absolute Gasteiger partial charge is 0.279 e. The van der Waals surface area contributed by atoms with Crippen molar-refractivity contribution in [2.45, 2.75) is 25.1 Å². The number of aliphatic hydroxyl groups excluding tert-OH is 1. The Kier molecular flexibility index (Phi) is 5.44. The minimum Gasteiger partial charge on any atom is -0.464 e. The monoisotopic (exact) mass is 381 g/mol. The van der Waals surface area contributed by atoms with Crippen LogP contribution in [-0.4, -0.2) is 62.1 Å². The molecule has 1 fully saturated rings. The lowest BCUT2D eigenvalue weighted by molar-refractivity contribution is 0.0438. The molecule has 1 saturated heterocycles. The lowest BCUT2D eigenvalue weighted by Gasteiger charge is -2.36. The van der Waals surface area contributed by atoms with Crippen molar-refractivity contribution >= 4 is 21.2 Å². The van der Waals surface area contributed by atoms with Crippen LogP contribution in [0.5, 0.6) is 0 Å². The third-order valence-corrected chi connectivity index (χ3v) is 6.15. The molecular formula is C17H23N3O5S. The summed E-state index contributed by atoms with van der Waals surface area (Å²) in [4.78, 5) is 14.5. The highest BCUT2D eigenvalue weighted by Gasteiger charge is 2.31. The van der Waals surface area contributed by atoms with Crippen molar-refractivity contribution in [1.82, 2.24) is 13.9 Å². The SMILES string of the molecule is CN(C)S(=O)(=O)N[C@@H]1CCN(Cc2coc3ccccc3c2=O)C[C@H]1O. The average Bonchev–Trinajstić information content (AvgIpc) is 2.60. The van der Waals surface area contributed by atoms with Gasteiger partial charge in [0, 0.05) is 39.3 Å². The number of likely N-dealkylation sites (tertiary alicyclic amines) is 1. The number of rotatable bonds is 5. The normalized spacial score (nSPS) is 22.2. The zero-order chi connectivity index (χ0) is 18.9. The third kappa shape index (κ3) is 3.97. The molecule has 0 spiro atoms. The number of nitrogens with one attached hydrogen (secondary N) is 1. The van der Waals surface area contributed by atoms with Crippen molar-refractivity contribution in [1.29, 1.82) is 0 Å². The first-order chi connectivity index (χ1) is 12.3. The largest absolute Gasteiger partial charge is 0.464 e. The number of piperidine rings is 1. The molecule has 1 aromatic carbocycles. The molecule has 1 aromatic heterocycles. The van der Waals surface area contributed by atoms with Gasteiger partial charge in [0.2, 0.25) is 0 Å². The summed E-state index contributed by atoms with van der Waals surface area (Å²) in [5.74, 6) is 0. The van der Waals surface area contributed by atoms with Gasteiger partial charge in [0.15, 0.2) is 5.43 Å². The van der Waals surface area contributed by atoms with Gasteiger partial charge in [-0.05, 0) is 18.6 Å². The van der Waals surface area contributed by atoms with E-state index in [2.05, 4.69) is 4.72 Å². The molecule has 1 aliphatic rings. The quantitative estimate of drug-likeness (QED) is 0.763. The molecule has 2 aromatic rings. The van der Waals surface area contributed by atoms with Gasteiger partial charge in [0.25, 0.3) is 10.2 Å². The molecule has 0 bridgehead atoms. The van der Waals surface area contributed by atoms with Gasteiger partial charge in [-0.3, -0.25) is 9.69 Å². The van der Waals surface area contributed by atoms with Crippen molar-refractivity contribution in [3.05, 3.63) is 46.3 Å². The van der Waals surface area contributed by atoms with Crippen LogP contribution in [0.2, 0.25) is 0 Å². The van der Waals surface area contributed by atoms with E-state index in [1.54, 1.807) is 24.3 Å². The van der Waals surface area contributed by atoms with E-state index in [0.29, 0.717) is 36.0 Å². The molecule has 2 N–H and O–H groups in total. The molecule has 8 nitrogen and oxygen atoms in total. The van der Waals surface area contributed by atoms with Crippen LogP contribution in [0.25, 0.3) is 11.0 Å². The fourth-order valence-electron chi connectivity index (χ4n) is 3.04. The predicted octanol–water partition coefficient (Wildman–Crippen LogP) is 0.124. The van der Waals surface area contributed by atoms with Crippen molar-refractivity contribution in [3.8, 4) is 0 Å². The van der Waals surface area contributed by atoms with E-state index in [1.807, 2.05) is 4.90 Å². The Hall–Kier alpha value is -1.78. The number of hydrogen-bond acceptors (Lipinski definition) is 6. The van der Waals surface area contributed by atoms with E-state index in [0.717, 1.165) is 4.31 Å². The molecule has 0 aliphatic carbocycles. The molecule has 0 unspecified atom stereocenters. The summed E-state index contributed by atoms with van der Waals surface area (Å²) < 4.78 is 32.9. The molecule has 0 radical (unpaired) electrons. The standard InChI is InChI=1S/C17H23N3O5S/c1-19(2)26(23,24)18-14-7-8-20(10-15(14)21)9-12-11-25-16-6-4-3-5-13(16)17(12)22/h3-6,11,14-15,18,21H,7-10H2,1-2H3/t14-,15-/m1/s1. The Morgan fingerprint density at radius 1 is 1.35 bits per heavy atom. The van der Waals surface area contributed by atoms with Crippen LogP contribution < -0.4 is 10.2 Å². The van der Waals surface area contributed by atoms with E-state index in [1.165, 1.54) is 20.4 Å². The number of nitrogens with zero attached hydrogens (tertiary/aromatic N) is 2. The molecule has 0 saturated carbocycles. The van der Waals surface area contributed by atoms with Crippen molar-refractivity contribution in [3.63, 3.8) is 0 Å². The Morgan fingerprint density at radius 2 is 2.08 bits per heavy atom.